The first-order valence-corrected chi connectivity index (χ1v) is 8.25. The molecule has 1 saturated carbocycles. The molecule has 0 spiro atoms. The van der Waals surface area contributed by atoms with Crippen molar-refractivity contribution in [2.24, 2.45) is 0 Å². The molecule has 1 atom stereocenters. The molecule has 1 unspecified atom stereocenters. The summed E-state index contributed by atoms with van der Waals surface area (Å²) in [4.78, 5) is 2.85. The van der Waals surface area contributed by atoms with E-state index >= 15 is 0 Å². The van der Waals surface area contributed by atoms with Crippen LogP contribution in [0.25, 0.3) is 0 Å². The third-order valence-corrected chi connectivity index (χ3v) is 6.47. The molecule has 18 heavy (non-hydrogen) atoms. The van der Waals surface area contributed by atoms with Crippen molar-refractivity contribution < 1.29 is 8.42 Å². The number of hydrogen-bond donors (Lipinski definition) is 0. The first-order chi connectivity index (χ1) is 8.68. The van der Waals surface area contributed by atoms with Gasteiger partial charge in [0.1, 0.15) is 0 Å². The molecule has 1 heterocycles. The zero-order valence-corrected chi connectivity index (χ0v) is 11.3. The van der Waals surface area contributed by atoms with Gasteiger partial charge in [-0.3, -0.25) is 4.90 Å². The highest BCUT2D eigenvalue weighted by atomic mass is 32.2. The fraction of sp³-hybridized carbons (Fsp3) is 0.571. The molecular formula is C14H19NO2S. The smallest absolute Gasteiger partial charge is 0.182 e. The maximum Gasteiger partial charge on any atom is 0.182 e. The lowest BCUT2D eigenvalue weighted by molar-refractivity contribution is 0.159. The minimum atomic E-state index is -3.13. The highest BCUT2D eigenvalue weighted by molar-refractivity contribution is 7.92. The molecule has 0 aromatic heterocycles. The largest absolute Gasteiger partial charge is 0.299 e. The van der Waals surface area contributed by atoms with Gasteiger partial charge in [0.2, 0.25) is 0 Å². The Morgan fingerprint density at radius 3 is 2.39 bits per heavy atom. The first-order valence-electron chi connectivity index (χ1n) is 6.71. The summed E-state index contributed by atoms with van der Waals surface area (Å²) >= 11 is 0. The topological polar surface area (TPSA) is 37.4 Å². The van der Waals surface area contributed by atoms with Crippen LogP contribution >= 0.6 is 0 Å². The third-order valence-electron chi connectivity index (χ3n) is 4.28. The van der Waals surface area contributed by atoms with Crippen LogP contribution in [0.4, 0.5) is 0 Å². The summed E-state index contributed by atoms with van der Waals surface area (Å²) in [6.45, 7) is 1.67. The molecule has 1 aromatic rings. The Balaban J connectivity index is 1.75. The Morgan fingerprint density at radius 2 is 1.78 bits per heavy atom. The van der Waals surface area contributed by atoms with E-state index in [-0.39, 0.29) is 5.25 Å². The van der Waals surface area contributed by atoms with E-state index in [4.69, 9.17) is 0 Å². The Kier molecular flexibility index (Phi) is 3.16. The second-order valence-electron chi connectivity index (χ2n) is 5.35. The lowest BCUT2D eigenvalue weighted by atomic mass is 9.92. The van der Waals surface area contributed by atoms with Crippen LogP contribution in [0, 0.1) is 0 Å². The Morgan fingerprint density at radius 1 is 1.06 bits per heavy atom. The zero-order valence-electron chi connectivity index (χ0n) is 10.5. The lowest BCUT2D eigenvalue weighted by Gasteiger charge is -2.34. The van der Waals surface area contributed by atoms with E-state index in [1.165, 1.54) is 19.3 Å². The molecule has 0 N–H and O–H groups in total. The maximum absolute atomic E-state index is 12.5. The van der Waals surface area contributed by atoms with Gasteiger partial charge in [0.15, 0.2) is 9.84 Å². The van der Waals surface area contributed by atoms with Crippen molar-refractivity contribution in [1.29, 1.82) is 0 Å². The molecule has 0 radical (unpaired) electrons. The average Bonchev–Trinajstić information content (AvgIpc) is 2.78. The second-order valence-corrected chi connectivity index (χ2v) is 7.58. The number of hydrogen-bond acceptors (Lipinski definition) is 3. The number of sulfone groups is 1. The molecule has 1 aliphatic heterocycles. The van der Waals surface area contributed by atoms with Gasteiger partial charge in [-0.1, -0.05) is 24.6 Å². The fourth-order valence-corrected chi connectivity index (χ4v) is 4.62. The molecule has 1 saturated heterocycles. The molecule has 1 aromatic carbocycles. The van der Waals surface area contributed by atoms with Gasteiger partial charge in [0, 0.05) is 12.6 Å². The van der Waals surface area contributed by atoms with E-state index in [9.17, 15) is 8.42 Å². The highest BCUT2D eigenvalue weighted by Crippen LogP contribution is 2.31. The van der Waals surface area contributed by atoms with Crippen molar-refractivity contribution in [1.82, 2.24) is 4.90 Å². The quantitative estimate of drug-likeness (QED) is 0.840. The van der Waals surface area contributed by atoms with Gasteiger partial charge in [-0.05, 0) is 37.9 Å². The van der Waals surface area contributed by atoms with Crippen molar-refractivity contribution in [3.05, 3.63) is 30.3 Å². The summed E-state index contributed by atoms with van der Waals surface area (Å²) in [6.07, 6.45) is 4.58. The van der Waals surface area contributed by atoms with E-state index < -0.39 is 9.84 Å². The van der Waals surface area contributed by atoms with Crippen LogP contribution in [0.2, 0.25) is 0 Å². The summed E-state index contributed by atoms with van der Waals surface area (Å²) in [5.74, 6) is 0. The third kappa shape index (κ3) is 2.08. The Hall–Kier alpha value is -0.870. The van der Waals surface area contributed by atoms with Crippen molar-refractivity contribution in [3.63, 3.8) is 0 Å². The normalized spacial score (nSPS) is 26.1. The van der Waals surface area contributed by atoms with Crippen molar-refractivity contribution in [2.45, 2.75) is 41.9 Å². The number of rotatable bonds is 3. The number of benzene rings is 1. The molecule has 2 fully saturated rings. The van der Waals surface area contributed by atoms with E-state index in [1.54, 1.807) is 24.3 Å². The molecule has 4 heteroatoms. The van der Waals surface area contributed by atoms with E-state index in [0.29, 0.717) is 10.9 Å². The van der Waals surface area contributed by atoms with Crippen LogP contribution < -0.4 is 0 Å². The van der Waals surface area contributed by atoms with Crippen LogP contribution in [-0.2, 0) is 9.84 Å². The van der Waals surface area contributed by atoms with Crippen molar-refractivity contribution in [3.8, 4) is 0 Å². The summed E-state index contributed by atoms with van der Waals surface area (Å²) in [5, 5.41) is -0.208. The second kappa shape index (κ2) is 4.67. The molecular weight excluding hydrogens is 246 g/mol. The van der Waals surface area contributed by atoms with E-state index in [0.717, 1.165) is 19.5 Å². The number of nitrogens with zero attached hydrogens (tertiary/aromatic N) is 1. The van der Waals surface area contributed by atoms with Crippen LogP contribution in [0.15, 0.2) is 35.2 Å². The van der Waals surface area contributed by atoms with Gasteiger partial charge < -0.3 is 0 Å². The van der Waals surface area contributed by atoms with Crippen molar-refractivity contribution in [2.75, 3.05) is 13.1 Å². The minimum absolute atomic E-state index is 0.208. The van der Waals surface area contributed by atoms with Crippen LogP contribution in [0.5, 0.6) is 0 Å². The summed E-state index contributed by atoms with van der Waals surface area (Å²) in [5.41, 5.74) is 0. The van der Waals surface area contributed by atoms with Gasteiger partial charge in [-0.25, -0.2) is 8.42 Å². The van der Waals surface area contributed by atoms with Gasteiger partial charge in [-0.2, -0.15) is 0 Å². The lowest BCUT2D eigenvalue weighted by Crippen LogP contribution is -2.39. The van der Waals surface area contributed by atoms with E-state index in [1.807, 2.05) is 6.07 Å². The molecule has 98 valence electrons. The highest BCUT2D eigenvalue weighted by Gasteiger charge is 2.37. The Bertz CT molecular complexity index is 508. The van der Waals surface area contributed by atoms with E-state index in [2.05, 4.69) is 4.90 Å². The summed E-state index contributed by atoms with van der Waals surface area (Å²) in [7, 11) is -3.13. The summed E-state index contributed by atoms with van der Waals surface area (Å²) < 4.78 is 25.0. The molecule has 3 rings (SSSR count). The van der Waals surface area contributed by atoms with Crippen molar-refractivity contribution >= 4 is 9.84 Å². The summed E-state index contributed by atoms with van der Waals surface area (Å²) in [6, 6.07) is 9.52. The van der Waals surface area contributed by atoms with Gasteiger partial charge >= 0.3 is 0 Å². The van der Waals surface area contributed by atoms with Gasteiger partial charge in [0.25, 0.3) is 0 Å². The zero-order chi connectivity index (χ0) is 12.6. The first kappa shape index (κ1) is 12.2. The number of likely N-dealkylation sites (tertiary alicyclic amines) is 1. The van der Waals surface area contributed by atoms with Gasteiger partial charge in [0.05, 0.1) is 10.1 Å². The maximum atomic E-state index is 12.5. The monoisotopic (exact) mass is 265 g/mol. The molecule has 2 aliphatic rings. The average molecular weight is 265 g/mol. The molecule has 0 bridgehead atoms. The molecule has 0 amide bonds. The minimum Gasteiger partial charge on any atom is -0.299 e. The predicted molar refractivity (Wildman–Crippen MR) is 71.2 cm³/mol. The molecule has 3 nitrogen and oxygen atoms in total. The standard InChI is InChI=1S/C14H19NO2S/c16-18(17,13-7-2-1-3-8-13)14-9-10-15(11-14)12-5-4-6-12/h1-3,7-8,12,14H,4-6,9-11H2. The predicted octanol–water partition coefficient (Wildman–Crippen LogP) is 2.09. The Labute approximate surface area is 109 Å². The van der Waals surface area contributed by atoms with Crippen LogP contribution in [-0.4, -0.2) is 37.7 Å². The SMILES string of the molecule is O=S(=O)(c1ccccc1)C1CCN(C2CCC2)C1. The van der Waals surface area contributed by atoms with Crippen LogP contribution in [0.1, 0.15) is 25.7 Å². The molecule has 1 aliphatic carbocycles. The fourth-order valence-electron chi connectivity index (χ4n) is 2.89. The van der Waals surface area contributed by atoms with Crippen LogP contribution in [0.3, 0.4) is 0 Å². The van der Waals surface area contributed by atoms with Gasteiger partial charge in [-0.15, -0.1) is 0 Å².